The smallest absolute Gasteiger partial charge is 0.462 e. The maximum Gasteiger partial charge on any atom is 0.472 e. The van der Waals surface area contributed by atoms with Gasteiger partial charge in [0.25, 0.3) is 0 Å². The van der Waals surface area contributed by atoms with Crippen LogP contribution < -0.4 is 0 Å². The first-order chi connectivity index (χ1) is 47.7. The molecule has 17 nitrogen and oxygen atoms in total. The maximum absolute atomic E-state index is 13.1. The molecule has 0 saturated heterocycles. The van der Waals surface area contributed by atoms with E-state index >= 15 is 0 Å². The average molecular weight is 1420 g/mol. The molecule has 566 valence electrons. The van der Waals surface area contributed by atoms with Gasteiger partial charge in [-0.05, 0) is 122 Å². The van der Waals surface area contributed by atoms with Crippen molar-refractivity contribution in [2.75, 3.05) is 39.6 Å². The first-order valence-electron chi connectivity index (χ1n) is 38.5. The average Bonchev–Trinajstić information content (AvgIpc) is 0.986. The number of ether oxygens (including phenoxy) is 4. The molecule has 0 radical (unpaired) electrons. The first kappa shape index (κ1) is 94.0. The van der Waals surface area contributed by atoms with Gasteiger partial charge in [-0.2, -0.15) is 0 Å². The molecule has 5 unspecified atom stereocenters. The monoisotopic (exact) mass is 1420 g/mol. The molecule has 0 spiro atoms. The second-order valence-electron chi connectivity index (χ2n) is 25.5. The van der Waals surface area contributed by atoms with Gasteiger partial charge in [-0.25, -0.2) is 9.13 Å². The molecule has 5 atom stereocenters. The number of unbranched alkanes of at least 4 members (excludes halogenated alkanes) is 30. The normalized spacial score (nSPS) is 14.5. The third-order valence-corrected chi connectivity index (χ3v) is 17.9. The van der Waals surface area contributed by atoms with E-state index in [4.69, 9.17) is 37.0 Å². The van der Waals surface area contributed by atoms with Crippen molar-refractivity contribution in [2.24, 2.45) is 0 Å². The van der Waals surface area contributed by atoms with Crippen molar-refractivity contribution in [3.05, 3.63) is 97.2 Å². The maximum atomic E-state index is 13.1. The summed E-state index contributed by atoms with van der Waals surface area (Å²) >= 11 is 0. The lowest BCUT2D eigenvalue weighted by molar-refractivity contribution is -0.161. The summed E-state index contributed by atoms with van der Waals surface area (Å²) in [6.07, 6.45) is 73.9. The quantitative estimate of drug-likeness (QED) is 0.0169. The van der Waals surface area contributed by atoms with Crippen molar-refractivity contribution < 1.29 is 80.2 Å². The number of carbonyl (C=O) groups is 4. The summed E-state index contributed by atoms with van der Waals surface area (Å²) in [4.78, 5) is 72.8. The molecule has 0 heterocycles. The molecule has 0 aromatic carbocycles. The van der Waals surface area contributed by atoms with Crippen LogP contribution >= 0.6 is 15.6 Å². The summed E-state index contributed by atoms with van der Waals surface area (Å²) in [5.74, 6) is -2.20. The van der Waals surface area contributed by atoms with E-state index in [9.17, 15) is 43.2 Å². The summed E-state index contributed by atoms with van der Waals surface area (Å²) in [5, 5.41) is 10.6. The number of rotatable bonds is 72. The topological polar surface area (TPSA) is 237 Å². The van der Waals surface area contributed by atoms with Crippen molar-refractivity contribution in [2.45, 2.75) is 341 Å². The predicted octanol–water partition coefficient (Wildman–Crippen LogP) is 22.0. The highest BCUT2D eigenvalue weighted by molar-refractivity contribution is 7.47. The van der Waals surface area contributed by atoms with Crippen LogP contribution in [0.2, 0.25) is 0 Å². The minimum Gasteiger partial charge on any atom is -0.462 e. The second-order valence-corrected chi connectivity index (χ2v) is 28.4. The highest BCUT2D eigenvalue weighted by Gasteiger charge is 2.30. The number of hydrogen-bond donors (Lipinski definition) is 3. The standard InChI is InChI=1S/C79H138O17P2/c1-5-9-13-17-21-25-29-32-35-36-39-41-45-48-52-56-60-64-77(82)90-70-75(96-79(84)66-62-58-54-50-46-42-38-34-31-27-23-19-15-11-7-3)72-94-98(87,88)92-68-73(80)67-91-97(85,86)93-71-74(95-78(83)65-61-57-53-49-43-28-24-20-16-12-8-4)69-89-76(81)63-59-55-51-47-44-40-37-33-30-26-22-18-14-10-6-2/h9,11,13,15,21-23,25-27,32-35,37-38,73-75,80H,5-8,10,12,14,16-20,24,28-31,36,39-72H2,1-4H3,(H,85,86)(H,87,88)/b13-9-,15-11-,25-21-,26-22-,27-23-,35-32-,37-33-,38-34-. The van der Waals surface area contributed by atoms with E-state index in [1.165, 1.54) is 57.8 Å². The Hall–Kier alpha value is -4.02. The molecular weight excluding hydrogens is 1280 g/mol. The van der Waals surface area contributed by atoms with Crippen molar-refractivity contribution in [3.8, 4) is 0 Å². The van der Waals surface area contributed by atoms with E-state index < -0.39 is 97.5 Å². The van der Waals surface area contributed by atoms with E-state index in [0.717, 1.165) is 186 Å². The lowest BCUT2D eigenvalue weighted by atomic mass is 10.1. The Bertz CT molecular complexity index is 2240. The van der Waals surface area contributed by atoms with Crippen molar-refractivity contribution in [3.63, 3.8) is 0 Å². The van der Waals surface area contributed by atoms with Gasteiger partial charge in [-0.1, -0.05) is 273 Å². The fourth-order valence-electron chi connectivity index (χ4n) is 10.2. The first-order valence-corrected chi connectivity index (χ1v) is 41.5. The fourth-order valence-corrected chi connectivity index (χ4v) is 11.8. The Labute approximate surface area is 595 Å². The number of hydrogen-bond acceptors (Lipinski definition) is 15. The molecule has 19 heteroatoms. The highest BCUT2D eigenvalue weighted by atomic mass is 31.2. The zero-order valence-electron chi connectivity index (χ0n) is 61.7. The fraction of sp³-hybridized carbons (Fsp3) is 0.747. The lowest BCUT2D eigenvalue weighted by Crippen LogP contribution is -2.30. The molecule has 3 N–H and O–H groups in total. The summed E-state index contributed by atoms with van der Waals surface area (Å²) < 4.78 is 68.5. The van der Waals surface area contributed by atoms with Gasteiger partial charge in [0.2, 0.25) is 0 Å². The minimum atomic E-state index is -4.98. The number of aliphatic hydroxyl groups excluding tert-OH is 1. The van der Waals surface area contributed by atoms with Crippen LogP contribution in [0.4, 0.5) is 0 Å². The molecule has 0 bridgehead atoms. The van der Waals surface area contributed by atoms with Gasteiger partial charge in [0.1, 0.15) is 19.3 Å². The van der Waals surface area contributed by atoms with Gasteiger partial charge in [0, 0.05) is 25.7 Å². The number of aliphatic hydroxyl groups is 1. The number of esters is 4. The molecule has 0 aliphatic rings. The molecule has 0 fully saturated rings. The van der Waals surface area contributed by atoms with Crippen molar-refractivity contribution in [1.29, 1.82) is 0 Å². The molecule has 0 aliphatic heterocycles. The number of carbonyl (C=O) groups excluding carboxylic acids is 4. The van der Waals surface area contributed by atoms with Crippen LogP contribution in [0.15, 0.2) is 97.2 Å². The van der Waals surface area contributed by atoms with Crippen LogP contribution in [0.3, 0.4) is 0 Å². The molecule has 0 aromatic heterocycles. The van der Waals surface area contributed by atoms with Gasteiger partial charge in [0.05, 0.1) is 26.4 Å². The van der Waals surface area contributed by atoms with E-state index in [0.29, 0.717) is 25.7 Å². The van der Waals surface area contributed by atoms with Crippen molar-refractivity contribution >= 4 is 39.5 Å². The van der Waals surface area contributed by atoms with Gasteiger partial charge in [0.15, 0.2) is 12.2 Å². The second kappa shape index (κ2) is 71.4. The van der Waals surface area contributed by atoms with Crippen LogP contribution in [0, 0.1) is 0 Å². The lowest BCUT2D eigenvalue weighted by Gasteiger charge is -2.21. The van der Waals surface area contributed by atoms with E-state index in [1.54, 1.807) is 0 Å². The van der Waals surface area contributed by atoms with Gasteiger partial charge in [-0.3, -0.25) is 37.3 Å². The van der Waals surface area contributed by atoms with Crippen LogP contribution in [0.5, 0.6) is 0 Å². The SMILES string of the molecule is CC/C=C\C/C=C\C/C=C\CCCCCCCCCC(=O)OCC(COP(=O)(O)OCC(O)COP(=O)(O)OCC(COC(=O)CCCCCCC/C=C\C/C=C\CCCCC)OC(=O)CCCCCCCCCCCCC)OC(=O)CCCCCCC/C=C\C/C=C\C/C=C\CC. The molecule has 0 aromatic rings. The predicted molar refractivity (Wildman–Crippen MR) is 399 cm³/mol. The van der Waals surface area contributed by atoms with Gasteiger partial charge < -0.3 is 33.8 Å². The van der Waals surface area contributed by atoms with Crippen LogP contribution in [-0.4, -0.2) is 96.7 Å². The van der Waals surface area contributed by atoms with Gasteiger partial charge in [-0.15, -0.1) is 0 Å². The third-order valence-electron chi connectivity index (χ3n) is 16.0. The Balaban J connectivity index is 5.34. The molecule has 0 rings (SSSR count). The van der Waals surface area contributed by atoms with E-state index in [-0.39, 0.29) is 25.7 Å². The van der Waals surface area contributed by atoms with Crippen molar-refractivity contribution in [1.82, 2.24) is 0 Å². The molecular formula is C79H138O17P2. The molecule has 0 amide bonds. The Morgan fingerprint density at radius 2 is 0.531 bits per heavy atom. The number of allylic oxidation sites excluding steroid dienone is 16. The largest absolute Gasteiger partial charge is 0.472 e. The Kier molecular flexibility index (Phi) is 68.4. The van der Waals surface area contributed by atoms with E-state index in [1.807, 2.05) is 0 Å². The van der Waals surface area contributed by atoms with Crippen LogP contribution in [0.1, 0.15) is 323 Å². The third kappa shape index (κ3) is 70.4. The zero-order chi connectivity index (χ0) is 71.8. The van der Waals surface area contributed by atoms with E-state index in [2.05, 4.69) is 125 Å². The Morgan fingerprint density at radius 3 is 0.837 bits per heavy atom. The summed E-state index contributed by atoms with van der Waals surface area (Å²) in [7, 11) is -9.95. The minimum absolute atomic E-state index is 0.0731. The van der Waals surface area contributed by atoms with Crippen LogP contribution in [0.25, 0.3) is 0 Å². The molecule has 98 heavy (non-hydrogen) atoms. The van der Waals surface area contributed by atoms with Crippen LogP contribution in [-0.2, 0) is 65.4 Å². The summed E-state index contributed by atoms with van der Waals surface area (Å²) in [5.41, 5.74) is 0. The number of phosphoric acid groups is 2. The zero-order valence-corrected chi connectivity index (χ0v) is 63.5. The molecule has 0 saturated carbocycles. The summed E-state index contributed by atoms with van der Waals surface area (Å²) in [6.45, 7) is 4.60. The van der Waals surface area contributed by atoms with Gasteiger partial charge >= 0.3 is 39.5 Å². The molecule has 0 aliphatic carbocycles. The highest BCUT2D eigenvalue weighted by Crippen LogP contribution is 2.45. The number of phosphoric ester groups is 2. The summed E-state index contributed by atoms with van der Waals surface area (Å²) in [6, 6.07) is 0. The Morgan fingerprint density at radius 1 is 0.296 bits per heavy atom.